The number of ether oxygens (including phenoxy) is 13. The van der Waals surface area contributed by atoms with E-state index >= 15 is 0 Å². The molecule has 334 valence electrons. The van der Waals surface area contributed by atoms with Gasteiger partial charge in [-0.2, -0.15) is 0 Å². The van der Waals surface area contributed by atoms with Gasteiger partial charge in [-0.25, -0.2) is 5.90 Å². The van der Waals surface area contributed by atoms with Crippen LogP contribution in [0.25, 0.3) is 0 Å². The van der Waals surface area contributed by atoms with E-state index in [1.807, 2.05) is 41.5 Å². The molecule has 0 unspecified atom stereocenters. The second-order valence-electron chi connectivity index (χ2n) is 14.1. The summed E-state index contributed by atoms with van der Waals surface area (Å²) in [4.78, 5) is 30.0. The van der Waals surface area contributed by atoms with Crippen molar-refractivity contribution in [3.8, 4) is 0 Å². The van der Waals surface area contributed by atoms with Crippen molar-refractivity contribution in [1.82, 2.24) is 4.90 Å². The first-order valence-corrected chi connectivity index (χ1v) is 19.8. The molecule has 0 aliphatic carbocycles. The summed E-state index contributed by atoms with van der Waals surface area (Å²) in [5, 5.41) is 0. The van der Waals surface area contributed by atoms with Crippen molar-refractivity contribution in [2.45, 2.75) is 65.6 Å². The first-order chi connectivity index (χ1) is 26.9. The van der Waals surface area contributed by atoms with Crippen LogP contribution >= 0.6 is 0 Å². The topological polar surface area (TPSA) is 193 Å². The van der Waals surface area contributed by atoms with Gasteiger partial charge in [0.25, 0.3) is 0 Å². The predicted octanol–water partition coefficient (Wildman–Crippen LogP) is 1.82. The number of carbonyl (C=O) groups is 2. The summed E-state index contributed by atoms with van der Waals surface area (Å²) < 4.78 is 71.6. The monoisotopic (exact) mass is 817 g/mol. The van der Waals surface area contributed by atoms with Crippen LogP contribution in [0.5, 0.6) is 0 Å². The molecule has 0 spiro atoms. The van der Waals surface area contributed by atoms with E-state index in [2.05, 4.69) is 9.74 Å². The number of esters is 2. The molecule has 18 nitrogen and oxygen atoms in total. The maximum atomic E-state index is 11.7. The number of nitrogens with two attached hydrogens (primary N) is 1. The highest BCUT2D eigenvalue weighted by Gasteiger charge is 2.16. The maximum absolute atomic E-state index is 11.7. The molecule has 0 atom stereocenters. The molecular formula is C38H76N2O16. The number of nitrogens with zero attached hydrogens (tertiary/aromatic N) is 1. The van der Waals surface area contributed by atoms with E-state index in [1.165, 1.54) is 0 Å². The van der Waals surface area contributed by atoms with E-state index in [4.69, 9.17) is 67.5 Å². The SMILES string of the molecule is CC(C)(C)OC(=O)CCOCCOCCOCCOCCN(CCOCCOCCOCCON)CCOCCOCCOCCOCCC(=O)OC(C)(C)C. The molecule has 0 rings (SSSR count). The molecule has 0 aromatic rings. The lowest BCUT2D eigenvalue weighted by molar-refractivity contribution is -0.157. The van der Waals surface area contributed by atoms with Crippen molar-refractivity contribution in [3.63, 3.8) is 0 Å². The Hall–Kier alpha value is -1.62. The van der Waals surface area contributed by atoms with Gasteiger partial charge in [0.05, 0.1) is 165 Å². The number of carbonyl (C=O) groups excluding carboxylic acids is 2. The fraction of sp³-hybridized carbons (Fsp3) is 0.947. The van der Waals surface area contributed by atoms with Crippen LogP contribution in [0.2, 0.25) is 0 Å². The molecular weight excluding hydrogens is 740 g/mol. The Kier molecular flexibility index (Phi) is 37.7. The standard InChI is InChI=1S/C38H76N2O16/c1-37(2,3)55-35(41)7-12-43-17-22-48-27-29-50-24-19-45-14-9-40(11-16-47-21-26-52-31-32-53-33-34-54-39)10-15-46-20-25-51-30-28-49-23-18-44-13-8-36(42)56-38(4,5)6/h7-34,39H2,1-6H3. The summed E-state index contributed by atoms with van der Waals surface area (Å²) in [6.07, 6.45) is 0.432. The van der Waals surface area contributed by atoms with Gasteiger partial charge in [-0.15, -0.1) is 0 Å². The molecule has 0 amide bonds. The normalized spacial score (nSPS) is 12.1. The lowest BCUT2D eigenvalue weighted by Crippen LogP contribution is -2.34. The Labute approximate surface area is 335 Å². The number of hydrogen-bond acceptors (Lipinski definition) is 18. The van der Waals surface area contributed by atoms with Gasteiger partial charge < -0.3 is 66.4 Å². The Balaban J connectivity index is 3.99. The summed E-state index contributed by atoms with van der Waals surface area (Å²) in [5.41, 5.74) is -0.983. The van der Waals surface area contributed by atoms with E-state index in [0.29, 0.717) is 172 Å². The van der Waals surface area contributed by atoms with E-state index < -0.39 is 11.2 Å². The highest BCUT2D eigenvalue weighted by molar-refractivity contribution is 5.70. The largest absolute Gasteiger partial charge is 0.460 e. The van der Waals surface area contributed by atoms with Crippen molar-refractivity contribution in [2.24, 2.45) is 5.90 Å². The second-order valence-corrected chi connectivity index (χ2v) is 14.1. The van der Waals surface area contributed by atoms with Crippen molar-refractivity contribution < 1.29 is 76.0 Å². The molecule has 0 saturated heterocycles. The Morgan fingerprint density at radius 1 is 0.357 bits per heavy atom. The zero-order valence-corrected chi connectivity index (χ0v) is 35.4. The lowest BCUT2D eigenvalue weighted by atomic mass is 10.2. The summed E-state index contributed by atoms with van der Waals surface area (Å²) in [5.74, 6) is 4.41. The van der Waals surface area contributed by atoms with Crippen LogP contribution in [0.3, 0.4) is 0 Å². The fourth-order valence-electron chi connectivity index (χ4n) is 4.18. The molecule has 0 aromatic heterocycles. The summed E-state index contributed by atoms with van der Waals surface area (Å²) in [7, 11) is 0. The smallest absolute Gasteiger partial charge is 0.308 e. The zero-order valence-electron chi connectivity index (χ0n) is 35.4. The van der Waals surface area contributed by atoms with Crippen molar-refractivity contribution in [1.29, 1.82) is 0 Å². The Morgan fingerprint density at radius 2 is 0.571 bits per heavy atom. The van der Waals surface area contributed by atoms with E-state index in [9.17, 15) is 9.59 Å². The van der Waals surface area contributed by atoms with Gasteiger partial charge in [0.1, 0.15) is 11.2 Å². The zero-order chi connectivity index (χ0) is 41.4. The Bertz CT molecular complexity index is 820. The average molecular weight is 817 g/mol. The Morgan fingerprint density at radius 3 is 0.804 bits per heavy atom. The van der Waals surface area contributed by atoms with E-state index in [-0.39, 0.29) is 24.8 Å². The summed E-state index contributed by atoms with van der Waals surface area (Å²) in [6, 6.07) is 0. The molecule has 0 saturated carbocycles. The predicted molar refractivity (Wildman–Crippen MR) is 207 cm³/mol. The lowest BCUT2D eigenvalue weighted by Gasteiger charge is -2.22. The van der Waals surface area contributed by atoms with Gasteiger partial charge in [-0.1, -0.05) is 0 Å². The van der Waals surface area contributed by atoms with Gasteiger partial charge in [-0.05, 0) is 41.5 Å². The van der Waals surface area contributed by atoms with Crippen LogP contribution < -0.4 is 5.90 Å². The molecule has 0 radical (unpaired) electrons. The number of hydrogen-bond donors (Lipinski definition) is 1. The summed E-state index contributed by atoms with van der Waals surface area (Å²) >= 11 is 0. The van der Waals surface area contributed by atoms with E-state index in [1.54, 1.807) is 0 Å². The molecule has 0 fully saturated rings. The first kappa shape index (κ1) is 54.4. The molecule has 0 aliphatic rings. The third kappa shape index (κ3) is 45.1. The van der Waals surface area contributed by atoms with Gasteiger partial charge in [-0.3, -0.25) is 14.5 Å². The van der Waals surface area contributed by atoms with Crippen LogP contribution in [0.1, 0.15) is 54.4 Å². The van der Waals surface area contributed by atoms with Crippen LogP contribution in [0, 0.1) is 0 Å². The van der Waals surface area contributed by atoms with Crippen LogP contribution in [-0.2, 0) is 76.0 Å². The third-order valence-electron chi connectivity index (χ3n) is 6.72. The minimum Gasteiger partial charge on any atom is -0.460 e. The van der Waals surface area contributed by atoms with E-state index in [0.717, 1.165) is 0 Å². The maximum Gasteiger partial charge on any atom is 0.308 e. The van der Waals surface area contributed by atoms with Crippen LogP contribution in [0.4, 0.5) is 0 Å². The molecule has 18 heteroatoms. The van der Waals surface area contributed by atoms with Gasteiger partial charge in [0.15, 0.2) is 0 Å². The number of rotatable bonds is 42. The second kappa shape index (κ2) is 38.9. The molecule has 56 heavy (non-hydrogen) atoms. The highest BCUT2D eigenvalue weighted by atomic mass is 16.6. The molecule has 2 N–H and O–H groups in total. The molecule has 0 bridgehead atoms. The quantitative estimate of drug-likeness (QED) is 0.0533. The van der Waals surface area contributed by atoms with Gasteiger partial charge in [0, 0.05) is 19.6 Å². The third-order valence-corrected chi connectivity index (χ3v) is 6.72. The van der Waals surface area contributed by atoms with Crippen molar-refractivity contribution in [2.75, 3.05) is 172 Å². The van der Waals surface area contributed by atoms with Crippen molar-refractivity contribution in [3.05, 3.63) is 0 Å². The minimum atomic E-state index is -0.492. The van der Waals surface area contributed by atoms with Crippen LogP contribution in [-0.4, -0.2) is 200 Å². The highest BCUT2D eigenvalue weighted by Crippen LogP contribution is 2.09. The first-order valence-electron chi connectivity index (χ1n) is 19.8. The van der Waals surface area contributed by atoms with Gasteiger partial charge >= 0.3 is 11.9 Å². The summed E-state index contributed by atoms with van der Waals surface area (Å²) in [6.45, 7) is 23.4. The van der Waals surface area contributed by atoms with Gasteiger partial charge in [0.2, 0.25) is 0 Å². The average Bonchev–Trinajstić information content (AvgIpc) is 3.12. The molecule has 0 aliphatic heterocycles. The fourth-order valence-corrected chi connectivity index (χ4v) is 4.18. The molecule has 0 aromatic carbocycles. The minimum absolute atomic E-state index is 0.216. The van der Waals surface area contributed by atoms with Crippen molar-refractivity contribution >= 4 is 11.9 Å². The molecule has 0 heterocycles. The van der Waals surface area contributed by atoms with Crippen LogP contribution in [0.15, 0.2) is 0 Å².